The molecule has 1 unspecified atom stereocenters. The first-order valence-electron chi connectivity index (χ1n) is 5.81. The summed E-state index contributed by atoms with van der Waals surface area (Å²) in [7, 11) is 0. The van der Waals surface area contributed by atoms with Crippen LogP contribution in [0.4, 0.5) is 4.39 Å². The molecule has 0 saturated carbocycles. The van der Waals surface area contributed by atoms with E-state index in [1.165, 1.54) is 12.1 Å². The molecule has 0 radical (unpaired) electrons. The predicted molar refractivity (Wildman–Crippen MR) is 66.4 cm³/mol. The first kappa shape index (κ1) is 13.6. The number of benzene rings is 1. The van der Waals surface area contributed by atoms with Gasteiger partial charge in [-0.15, -0.1) is 0 Å². The molecule has 0 heterocycles. The molecule has 0 saturated heterocycles. The molecule has 0 aromatic heterocycles. The van der Waals surface area contributed by atoms with E-state index in [2.05, 4.69) is 5.32 Å². The Kier molecular flexibility index (Phi) is 5.10. The molecular weight excluding hydrogens is 219 g/mol. The van der Waals surface area contributed by atoms with Gasteiger partial charge in [0.15, 0.2) is 0 Å². The van der Waals surface area contributed by atoms with E-state index in [0.717, 1.165) is 18.4 Å². The van der Waals surface area contributed by atoms with E-state index in [-0.39, 0.29) is 11.9 Å². The number of nitrogens with two attached hydrogens (primary N) is 1. The lowest BCUT2D eigenvalue weighted by atomic mass is 10.1. The van der Waals surface area contributed by atoms with Crippen LogP contribution in [0.3, 0.4) is 0 Å². The summed E-state index contributed by atoms with van der Waals surface area (Å²) >= 11 is 0. The van der Waals surface area contributed by atoms with Crippen molar-refractivity contribution in [1.29, 1.82) is 0 Å². The summed E-state index contributed by atoms with van der Waals surface area (Å²) in [5.41, 5.74) is 6.57. The number of carbonyl (C=O) groups is 1. The zero-order valence-corrected chi connectivity index (χ0v) is 10.3. The number of nitrogens with one attached hydrogen (secondary N) is 1. The van der Waals surface area contributed by atoms with Crippen molar-refractivity contribution in [2.75, 3.05) is 6.54 Å². The maximum absolute atomic E-state index is 13.1. The van der Waals surface area contributed by atoms with Gasteiger partial charge in [0, 0.05) is 11.6 Å². The van der Waals surface area contributed by atoms with Gasteiger partial charge in [-0.25, -0.2) is 4.39 Å². The first-order valence-corrected chi connectivity index (χ1v) is 5.81. The van der Waals surface area contributed by atoms with Crippen molar-refractivity contribution < 1.29 is 9.18 Å². The maximum atomic E-state index is 13.1. The number of carbonyl (C=O) groups excluding carboxylic acids is 1. The van der Waals surface area contributed by atoms with Gasteiger partial charge in [0.2, 0.25) is 0 Å². The molecule has 17 heavy (non-hydrogen) atoms. The smallest absolute Gasteiger partial charge is 0.251 e. The molecule has 1 rings (SSSR count). The summed E-state index contributed by atoms with van der Waals surface area (Å²) < 4.78 is 13.1. The average molecular weight is 238 g/mol. The highest BCUT2D eigenvalue weighted by molar-refractivity contribution is 5.95. The highest BCUT2D eigenvalue weighted by atomic mass is 19.1. The zero-order valence-electron chi connectivity index (χ0n) is 10.3. The maximum Gasteiger partial charge on any atom is 0.251 e. The van der Waals surface area contributed by atoms with Gasteiger partial charge in [-0.3, -0.25) is 4.79 Å². The van der Waals surface area contributed by atoms with E-state index in [4.69, 9.17) is 5.73 Å². The van der Waals surface area contributed by atoms with Crippen molar-refractivity contribution in [3.8, 4) is 0 Å². The third kappa shape index (κ3) is 4.15. The Morgan fingerprint density at radius 3 is 2.88 bits per heavy atom. The molecule has 94 valence electrons. The summed E-state index contributed by atoms with van der Waals surface area (Å²) in [4.78, 5) is 11.9. The van der Waals surface area contributed by atoms with E-state index < -0.39 is 5.82 Å². The number of hydrogen-bond donors (Lipinski definition) is 2. The van der Waals surface area contributed by atoms with E-state index in [0.29, 0.717) is 12.1 Å². The molecule has 0 aliphatic carbocycles. The van der Waals surface area contributed by atoms with Crippen LogP contribution in [-0.4, -0.2) is 18.5 Å². The second-order valence-electron chi connectivity index (χ2n) is 4.26. The Morgan fingerprint density at radius 2 is 2.24 bits per heavy atom. The minimum absolute atomic E-state index is 0.0497. The van der Waals surface area contributed by atoms with Gasteiger partial charge in [0.05, 0.1) is 0 Å². The molecule has 0 aliphatic heterocycles. The summed E-state index contributed by atoms with van der Waals surface area (Å²) in [6, 6.07) is 4.27. The lowest BCUT2D eigenvalue weighted by Crippen LogP contribution is -2.33. The van der Waals surface area contributed by atoms with Crippen LogP contribution in [0.5, 0.6) is 0 Å². The van der Waals surface area contributed by atoms with E-state index in [9.17, 15) is 9.18 Å². The van der Waals surface area contributed by atoms with Gasteiger partial charge in [0.1, 0.15) is 5.82 Å². The van der Waals surface area contributed by atoms with Crippen molar-refractivity contribution >= 4 is 5.91 Å². The van der Waals surface area contributed by atoms with E-state index in [1.807, 2.05) is 6.92 Å². The van der Waals surface area contributed by atoms with E-state index in [1.54, 1.807) is 13.0 Å². The van der Waals surface area contributed by atoms with Gasteiger partial charge in [-0.05, 0) is 50.9 Å². The monoisotopic (exact) mass is 238 g/mol. The highest BCUT2D eigenvalue weighted by Gasteiger charge is 2.12. The molecule has 0 spiro atoms. The number of rotatable bonds is 5. The molecule has 3 nitrogen and oxygen atoms in total. The molecule has 0 aliphatic rings. The SMILES string of the molecule is Cc1ccc(F)cc1C(=O)NC(C)CCCN. The van der Waals surface area contributed by atoms with Crippen LogP contribution in [0.15, 0.2) is 18.2 Å². The summed E-state index contributed by atoms with van der Waals surface area (Å²) in [6.45, 7) is 4.32. The largest absolute Gasteiger partial charge is 0.350 e. The molecule has 4 heteroatoms. The molecular formula is C13H19FN2O. The summed E-state index contributed by atoms with van der Waals surface area (Å²) in [5.74, 6) is -0.623. The summed E-state index contributed by atoms with van der Waals surface area (Å²) in [5, 5.41) is 2.84. The van der Waals surface area contributed by atoms with Gasteiger partial charge < -0.3 is 11.1 Å². The third-order valence-corrected chi connectivity index (χ3v) is 2.66. The van der Waals surface area contributed by atoms with Crippen LogP contribution in [0.25, 0.3) is 0 Å². The highest BCUT2D eigenvalue weighted by Crippen LogP contribution is 2.10. The second-order valence-corrected chi connectivity index (χ2v) is 4.26. The van der Waals surface area contributed by atoms with Crippen molar-refractivity contribution in [3.05, 3.63) is 35.1 Å². The van der Waals surface area contributed by atoms with Crippen molar-refractivity contribution in [2.45, 2.75) is 32.7 Å². The number of amides is 1. The van der Waals surface area contributed by atoms with Crippen LogP contribution in [0.1, 0.15) is 35.7 Å². The van der Waals surface area contributed by atoms with Crippen LogP contribution >= 0.6 is 0 Å². The summed E-state index contributed by atoms with van der Waals surface area (Å²) in [6.07, 6.45) is 1.69. The number of aryl methyl sites for hydroxylation is 1. The molecule has 1 atom stereocenters. The number of halogens is 1. The topological polar surface area (TPSA) is 55.1 Å². The van der Waals surface area contributed by atoms with Crippen molar-refractivity contribution in [1.82, 2.24) is 5.32 Å². The Bertz CT molecular complexity index is 393. The minimum Gasteiger partial charge on any atom is -0.350 e. The Labute approximate surface area is 101 Å². The number of hydrogen-bond acceptors (Lipinski definition) is 2. The fourth-order valence-corrected chi connectivity index (χ4v) is 1.64. The standard InChI is InChI=1S/C13H19FN2O/c1-9-5-6-11(14)8-12(9)13(17)16-10(2)4-3-7-15/h5-6,8,10H,3-4,7,15H2,1-2H3,(H,16,17). The fraction of sp³-hybridized carbons (Fsp3) is 0.462. The molecule has 1 aromatic rings. The molecule has 1 amide bonds. The molecule has 0 bridgehead atoms. The molecule has 0 fully saturated rings. The quantitative estimate of drug-likeness (QED) is 0.824. The predicted octanol–water partition coefficient (Wildman–Crippen LogP) is 1.99. The minimum atomic E-state index is -0.393. The lowest BCUT2D eigenvalue weighted by molar-refractivity contribution is 0.0937. The van der Waals surface area contributed by atoms with Crippen molar-refractivity contribution in [3.63, 3.8) is 0 Å². The first-order chi connectivity index (χ1) is 8.04. The Balaban J connectivity index is 2.66. The molecule has 3 N–H and O–H groups in total. The zero-order chi connectivity index (χ0) is 12.8. The van der Waals surface area contributed by atoms with Crippen LogP contribution < -0.4 is 11.1 Å². The fourth-order valence-electron chi connectivity index (χ4n) is 1.64. The van der Waals surface area contributed by atoms with Gasteiger partial charge in [0.25, 0.3) is 5.91 Å². The Morgan fingerprint density at radius 1 is 1.53 bits per heavy atom. The van der Waals surface area contributed by atoms with Crippen LogP contribution in [0, 0.1) is 12.7 Å². The van der Waals surface area contributed by atoms with Gasteiger partial charge >= 0.3 is 0 Å². The second kappa shape index (κ2) is 6.35. The average Bonchev–Trinajstić information content (AvgIpc) is 2.29. The van der Waals surface area contributed by atoms with Crippen LogP contribution in [0.2, 0.25) is 0 Å². The normalized spacial score (nSPS) is 12.2. The van der Waals surface area contributed by atoms with E-state index >= 15 is 0 Å². The van der Waals surface area contributed by atoms with Crippen LogP contribution in [-0.2, 0) is 0 Å². The Hall–Kier alpha value is -1.42. The van der Waals surface area contributed by atoms with Crippen molar-refractivity contribution in [2.24, 2.45) is 5.73 Å². The third-order valence-electron chi connectivity index (χ3n) is 2.66. The lowest BCUT2D eigenvalue weighted by Gasteiger charge is -2.14. The molecule has 1 aromatic carbocycles. The van der Waals surface area contributed by atoms with Gasteiger partial charge in [-0.1, -0.05) is 6.07 Å². The van der Waals surface area contributed by atoms with Gasteiger partial charge in [-0.2, -0.15) is 0 Å².